The molecule has 1 atom stereocenters. The van der Waals surface area contributed by atoms with E-state index in [1.807, 2.05) is 13.8 Å². The van der Waals surface area contributed by atoms with Crippen LogP contribution in [0.15, 0.2) is 0 Å². The highest BCUT2D eigenvalue weighted by atomic mass is 19.3. The number of hydrogen-bond donors (Lipinski definition) is 0. The molecule has 0 saturated heterocycles. The van der Waals surface area contributed by atoms with E-state index in [2.05, 4.69) is 0 Å². The molecule has 0 fully saturated rings. The molecule has 0 aliphatic carbocycles. The Labute approximate surface area is 108 Å². The fourth-order valence-electron chi connectivity index (χ4n) is 2.12. The summed E-state index contributed by atoms with van der Waals surface area (Å²) in [7, 11) is 0. The lowest BCUT2D eigenvalue weighted by atomic mass is 9.87. The number of hydrogen-bond acceptors (Lipinski definition) is 2. The Bertz CT molecular complexity index is 278. The standard InChI is InChI=1S/C14H24F2O2/c1-5-10(6-2)12(17)8-13(18)11(7-3)9-14(4,15)16/h10-11H,5-9H2,1-4H3. The lowest BCUT2D eigenvalue weighted by Crippen LogP contribution is -2.26. The highest BCUT2D eigenvalue weighted by Crippen LogP contribution is 2.26. The van der Waals surface area contributed by atoms with E-state index >= 15 is 0 Å². The summed E-state index contributed by atoms with van der Waals surface area (Å²) in [4.78, 5) is 23.6. The summed E-state index contributed by atoms with van der Waals surface area (Å²) in [5, 5.41) is 0. The Morgan fingerprint density at radius 3 is 1.67 bits per heavy atom. The van der Waals surface area contributed by atoms with Crippen LogP contribution in [0.4, 0.5) is 8.78 Å². The quantitative estimate of drug-likeness (QED) is 0.588. The number of carbonyl (C=O) groups excluding carboxylic acids is 2. The number of rotatable bonds is 9. The van der Waals surface area contributed by atoms with Gasteiger partial charge >= 0.3 is 0 Å². The van der Waals surface area contributed by atoms with Crippen molar-refractivity contribution in [3.63, 3.8) is 0 Å². The van der Waals surface area contributed by atoms with Crippen molar-refractivity contribution >= 4 is 11.6 Å². The summed E-state index contributed by atoms with van der Waals surface area (Å²) >= 11 is 0. The van der Waals surface area contributed by atoms with E-state index < -0.39 is 18.3 Å². The van der Waals surface area contributed by atoms with Gasteiger partial charge in [-0.05, 0) is 26.2 Å². The molecular formula is C14H24F2O2. The molecule has 18 heavy (non-hydrogen) atoms. The molecule has 0 N–H and O–H groups in total. The van der Waals surface area contributed by atoms with Gasteiger partial charge in [0.2, 0.25) is 5.92 Å². The molecule has 0 radical (unpaired) electrons. The SMILES string of the molecule is CCC(CC)C(=O)CC(=O)C(CC)CC(C)(F)F. The van der Waals surface area contributed by atoms with Gasteiger partial charge in [-0.25, -0.2) is 8.78 Å². The first-order valence-corrected chi connectivity index (χ1v) is 6.68. The van der Waals surface area contributed by atoms with Gasteiger partial charge in [-0.2, -0.15) is 0 Å². The van der Waals surface area contributed by atoms with Gasteiger partial charge in [-0.15, -0.1) is 0 Å². The lowest BCUT2D eigenvalue weighted by Gasteiger charge is -2.19. The van der Waals surface area contributed by atoms with Crippen LogP contribution < -0.4 is 0 Å². The summed E-state index contributed by atoms with van der Waals surface area (Å²) in [5.74, 6) is -4.12. The average molecular weight is 262 g/mol. The molecule has 0 aliphatic heterocycles. The molecule has 0 heterocycles. The van der Waals surface area contributed by atoms with Crippen LogP contribution in [0.2, 0.25) is 0 Å². The minimum atomic E-state index is -2.85. The Kier molecular flexibility index (Phi) is 7.26. The van der Waals surface area contributed by atoms with Crippen LogP contribution in [-0.2, 0) is 9.59 Å². The van der Waals surface area contributed by atoms with Crippen molar-refractivity contribution < 1.29 is 18.4 Å². The molecule has 2 nitrogen and oxygen atoms in total. The predicted molar refractivity (Wildman–Crippen MR) is 67.7 cm³/mol. The van der Waals surface area contributed by atoms with Crippen LogP contribution in [-0.4, -0.2) is 17.5 Å². The zero-order valence-electron chi connectivity index (χ0n) is 11.8. The third-order valence-corrected chi connectivity index (χ3v) is 3.34. The van der Waals surface area contributed by atoms with E-state index in [0.29, 0.717) is 19.3 Å². The number of ketones is 2. The van der Waals surface area contributed by atoms with Crippen molar-refractivity contribution in [2.75, 3.05) is 0 Å². The minimum absolute atomic E-state index is 0.108. The third-order valence-electron chi connectivity index (χ3n) is 3.34. The van der Waals surface area contributed by atoms with E-state index in [1.54, 1.807) is 6.92 Å². The van der Waals surface area contributed by atoms with E-state index in [0.717, 1.165) is 6.92 Å². The predicted octanol–water partition coefficient (Wildman–Crippen LogP) is 4.02. The number of halogens is 2. The van der Waals surface area contributed by atoms with E-state index in [-0.39, 0.29) is 23.9 Å². The van der Waals surface area contributed by atoms with Crippen molar-refractivity contribution in [3.8, 4) is 0 Å². The maximum atomic E-state index is 12.9. The second kappa shape index (κ2) is 7.59. The monoisotopic (exact) mass is 262 g/mol. The fourth-order valence-corrected chi connectivity index (χ4v) is 2.12. The Balaban J connectivity index is 4.49. The largest absolute Gasteiger partial charge is 0.299 e. The molecule has 0 saturated carbocycles. The molecule has 4 heteroatoms. The molecule has 0 aromatic rings. The zero-order valence-corrected chi connectivity index (χ0v) is 11.8. The smallest absolute Gasteiger partial charge is 0.246 e. The van der Waals surface area contributed by atoms with Crippen molar-refractivity contribution in [1.29, 1.82) is 0 Å². The van der Waals surface area contributed by atoms with Crippen LogP contribution >= 0.6 is 0 Å². The zero-order chi connectivity index (χ0) is 14.3. The first-order chi connectivity index (χ1) is 8.25. The van der Waals surface area contributed by atoms with Gasteiger partial charge in [-0.1, -0.05) is 20.8 Å². The van der Waals surface area contributed by atoms with Crippen LogP contribution in [0.25, 0.3) is 0 Å². The van der Waals surface area contributed by atoms with Crippen molar-refractivity contribution in [1.82, 2.24) is 0 Å². The van der Waals surface area contributed by atoms with E-state index in [1.165, 1.54) is 0 Å². The lowest BCUT2D eigenvalue weighted by molar-refractivity contribution is -0.133. The first-order valence-electron chi connectivity index (χ1n) is 6.68. The molecule has 0 spiro atoms. The van der Waals surface area contributed by atoms with Crippen molar-refractivity contribution in [3.05, 3.63) is 0 Å². The molecule has 0 bridgehead atoms. The summed E-state index contributed by atoms with van der Waals surface area (Å²) in [6.45, 7) is 6.31. The first kappa shape index (κ1) is 17.2. The van der Waals surface area contributed by atoms with Crippen molar-refractivity contribution in [2.24, 2.45) is 11.8 Å². The second-order valence-corrected chi connectivity index (χ2v) is 5.00. The molecular weight excluding hydrogens is 238 g/mol. The maximum Gasteiger partial charge on any atom is 0.246 e. The summed E-state index contributed by atoms with van der Waals surface area (Å²) in [5.41, 5.74) is 0. The van der Waals surface area contributed by atoms with Crippen LogP contribution in [0.5, 0.6) is 0 Å². The highest BCUT2D eigenvalue weighted by Gasteiger charge is 2.31. The number of Topliss-reactive ketones (excluding diaryl/α,β-unsaturated/α-hetero) is 2. The van der Waals surface area contributed by atoms with E-state index in [9.17, 15) is 18.4 Å². The fraction of sp³-hybridized carbons (Fsp3) is 0.857. The summed E-state index contributed by atoms with van der Waals surface area (Å²) < 4.78 is 25.8. The maximum absolute atomic E-state index is 12.9. The normalized spacial score (nSPS) is 13.7. The number of alkyl halides is 2. The van der Waals surface area contributed by atoms with Gasteiger partial charge in [-0.3, -0.25) is 9.59 Å². The topological polar surface area (TPSA) is 34.1 Å². The van der Waals surface area contributed by atoms with Gasteiger partial charge in [0.15, 0.2) is 0 Å². The van der Waals surface area contributed by atoms with Crippen LogP contribution in [0.3, 0.4) is 0 Å². The molecule has 0 aromatic heterocycles. The number of carbonyl (C=O) groups is 2. The van der Waals surface area contributed by atoms with Gasteiger partial charge < -0.3 is 0 Å². The van der Waals surface area contributed by atoms with Gasteiger partial charge in [0.25, 0.3) is 0 Å². The molecule has 0 aliphatic rings. The van der Waals surface area contributed by atoms with Crippen LogP contribution in [0.1, 0.15) is 59.8 Å². The third kappa shape index (κ3) is 6.22. The molecule has 1 unspecified atom stereocenters. The van der Waals surface area contributed by atoms with Gasteiger partial charge in [0, 0.05) is 18.3 Å². The van der Waals surface area contributed by atoms with E-state index in [4.69, 9.17) is 0 Å². The molecule has 0 aromatic carbocycles. The second-order valence-electron chi connectivity index (χ2n) is 5.00. The van der Waals surface area contributed by atoms with Crippen LogP contribution in [0, 0.1) is 11.8 Å². The van der Waals surface area contributed by atoms with Gasteiger partial charge in [0.1, 0.15) is 11.6 Å². The van der Waals surface area contributed by atoms with Crippen molar-refractivity contribution in [2.45, 2.75) is 65.7 Å². The Morgan fingerprint density at radius 2 is 1.33 bits per heavy atom. The highest BCUT2D eigenvalue weighted by molar-refractivity contribution is 6.01. The molecule has 0 rings (SSSR count). The average Bonchev–Trinajstić information content (AvgIpc) is 2.26. The Hall–Kier alpha value is -0.800. The molecule has 106 valence electrons. The summed E-state index contributed by atoms with van der Waals surface area (Å²) in [6, 6.07) is 0. The molecule has 0 amide bonds. The Morgan fingerprint density at radius 1 is 0.944 bits per heavy atom. The summed E-state index contributed by atoms with van der Waals surface area (Å²) in [6.07, 6.45) is 1.10. The minimum Gasteiger partial charge on any atom is -0.299 e. The van der Waals surface area contributed by atoms with Gasteiger partial charge in [0.05, 0.1) is 6.42 Å².